The van der Waals surface area contributed by atoms with Gasteiger partial charge in [0.25, 0.3) is 0 Å². The van der Waals surface area contributed by atoms with Crippen LogP contribution in [-0.4, -0.2) is 42.9 Å². The highest BCUT2D eigenvalue weighted by Crippen LogP contribution is 2.30. The molecule has 2 heterocycles. The molecule has 0 saturated carbocycles. The predicted molar refractivity (Wildman–Crippen MR) is 87.1 cm³/mol. The van der Waals surface area contributed by atoms with Crippen molar-refractivity contribution in [1.29, 1.82) is 0 Å². The fourth-order valence-electron chi connectivity index (χ4n) is 3.03. The Kier molecular flexibility index (Phi) is 4.41. The van der Waals surface area contributed by atoms with Gasteiger partial charge in [0.15, 0.2) is 0 Å². The van der Waals surface area contributed by atoms with E-state index in [9.17, 15) is 8.42 Å². The third-order valence-electron chi connectivity index (χ3n) is 4.36. The fraction of sp³-hybridized carbons (Fsp3) is 0.438. The molecule has 0 radical (unpaired) electrons. The molecule has 1 N–H and O–H groups in total. The van der Waals surface area contributed by atoms with E-state index in [1.54, 1.807) is 42.0 Å². The molecule has 0 bridgehead atoms. The zero-order valence-corrected chi connectivity index (χ0v) is 14.1. The average molecular weight is 335 g/mol. The highest BCUT2D eigenvalue weighted by molar-refractivity contribution is 7.89. The summed E-state index contributed by atoms with van der Waals surface area (Å²) in [5.74, 6) is 1.94. The van der Waals surface area contributed by atoms with E-state index in [0.29, 0.717) is 29.7 Å². The molecule has 7 heteroatoms. The summed E-state index contributed by atoms with van der Waals surface area (Å²) in [6.45, 7) is 2.87. The van der Waals surface area contributed by atoms with Crippen molar-refractivity contribution in [2.24, 2.45) is 0 Å². The van der Waals surface area contributed by atoms with Gasteiger partial charge < -0.3 is 9.72 Å². The normalized spacial score (nSPS) is 17.3. The molecular formula is C16H21N3O3S. The third-order valence-corrected chi connectivity index (χ3v) is 6.26. The Bertz CT molecular complexity index is 764. The number of aromatic amines is 1. The number of nitrogens with one attached hydrogen (secondary N) is 1. The maximum Gasteiger partial charge on any atom is 0.243 e. The van der Waals surface area contributed by atoms with Crippen molar-refractivity contribution < 1.29 is 13.2 Å². The van der Waals surface area contributed by atoms with E-state index in [4.69, 9.17) is 4.74 Å². The van der Waals surface area contributed by atoms with Gasteiger partial charge in [-0.25, -0.2) is 13.4 Å². The van der Waals surface area contributed by atoms with Gasteiger partial charge in [-0.15, -0.1) is 0 Å². The first-order chi connectivity index (χ1) is 11.0. The van der Waals surface area contributed by atoms with Crippen molar-refractivity contribution in [1.82, 2.24) is 14.3 Å². The van der Waals surface area contributed by atoms with Crippen LogP contribution in [0.15, 0.2) is 35.5 Å². The van der Waals surface area contributed by atoms with Crippen LogP contribution in [0, 0.1) is 6.92 Å². The highest BCUT2D eigenvalue weighted by Gasteiger charge is 2.30. The van der Waals surface area contributed by atoms with Crippen LogP contribution >= 0.6 is 0 Å². The number of rotatable bonds is 4. The molecule has 124 valence electrons. The zero-order valence-electron chi connectivity index (χ0n) is 13.3. The van der Waals surface area contributed by atoms with Gasteiger partial charge in [0, 0.05) is 31.4 Å². The summed E-state index contributed by atoms with van der Waals surface area (Å²) in [7, 11) is -1.88. The number of hydrogen-bond donors (Lipinski definition) is 1. The number of hydrogen-bond acceptors (Lipinski definition) is 4. The van der Waals surface area contributed by atoms with Gasteiger partial charge in [-0.3, -0.25) is 0 Å². The number of aryl methyl sites for hydroxylation is 1. The molecule has 1 fully saturated rings. The Balaban J connectivity index is 1.75. The molecule has 1 aliphatic rings. The van der Waals surface area contributed by atoms with Crippen molar-refractivity contribution in [3.8, 4) is 5.75 Å². The van der Waals surface area contributed by atoms with Gasteiger partial charge in [-0.2, -0.15) is 4.31 Å². The molecule has 0 spiro atoms. The Morgan fingerprint density at radius 3 is 2.61 bits per heavy atom. The summed E-state index contributed by atoms with van der Waals surface area (Å²) in [5, 5.41) is 0. The molecule has 0 aliphatic carbocycles. The molecule has 0 atom stereocenters. The first-order valence-corrected chi connectivity index (χ1v) is 9.10. The molecule has 1 aromatic carbocycles. The van der Waals surface area contributed by atoms with E-state index < -0.39 is 10.0 Å². The van der Waals surface area contributed by atoms with Crippen LogP contribution in [0.25, 0.3) is 0 Å². The minimum atomic E-state index is -3.45. The second kappa shape index (κ2) is 6.33. The Labute approximate surface area is 136 Å². The lowest BCUT2D eigenvalue weighted by atomic mass is 9.98. The van der Waals surface area contributed by atoms with Crippen LogP contribution < -0.4 is 4.74 Å². The van der Waals surface area contributed by atoms with Crippen LogP contribution in [0.2, 0.25) is 0 Å². The number of sulfonamides is 1. The Morgan fingerprint density at radius 2 is 2.04 bits per heavy atom. The number of aromatic nitrogens is 2. The first-order valence-electron chi connectivity index (χ1n) is 7.66. The van der Waals surface area contributed by atoms with Crippen LogP contribution in [-0.2, 0) is 10.0 Å². The predicted octanol–water partition coefficient (Wildman–Crippen LogP) is 2.30. The van der Waals surface area contributed by atoms with Crippen LogP contribution in [0.1, 0.15) is 30.1 Å². The number of ether oxygens (including phenoxy) is 1. The molecular weight excluding hydrogens is 314 g/mol. The monoisotopic (exact) mass is 335 g/mol. The van der Waals surface area contributed by atoms with Crippen LogP contribution in [0.5, 0.6) is 5.75 Å². The summed E-state index contributed by atoms with van der Waals surface area (Å²) < 4.78 is 32.3. The van der Waals surface area contributed by atoms with Crippen molar-refractivity contribution >= 4 is 10.0 Å². The number of benzene rings is 1. The van der Waals surface area contributed by atoms with Crippen molar-refractivity contribution in [3.05, 3.63) is 42.0 Å². The molecule has 0 amide bonds. The molecule has 0 unspecified atom stereocenters. The van der Waals surface area contributed by atoms with Crippen LogP contribution in [0.3, 0.4) is 0 Å². The quantitative estimate of drug-likeness (QED) is 0.930. The molecule has 1 saturated heterocycles. The van der Waals surface area contributed by atoms with Crippen LogP contribution in [0.4, 0.5) is 0 Å². The van der Waals surface area contributed by atoms with E-state index in [1.807, 2.05) is 6.92 Å². The summed E-state index contributed by atoms with van der Waals surface area (Å²) in [5.41, 5.74) is 0.819. The first kappa shape index (κ1) is 16.0. The van der Waals surface area contributed by atoms with E-state index in [0.717, 1.165) is 24.2 Å². The maximum atomic E-state index is 12.8. The maximum absolute atomic E-state index is 12.8. The van der Waals surface area contributed by atoms with E-state index in [1.165, 1.54) is 0 Å². The van der Waals surface area contributed by atoms with Gasteiger partial charge in [0.05, 0.1) is 12.0 Å². The minimum Gasteiger partial charge on any atom is -0.496 e. The largest absolute Gasteiger partial charge is 0.496 e. The van der Waals surface area contributed by atoms with E-state index in [-0.39, 0.29) is 0 Å². The zero-order chi connectivity index (χ0) is 16.4. The lowest BCUT2D eigenvalue weighted by molar-refractivity contribution is 0.314. The number of nitrogens with zero attached hydrogens (tertiary/aromatic N) is 2. The van der Waals surface area contributed by atoms with Crippen molar-refractivity contribution in [2.45, 2.75) is 30.6 Å². The Hall–Kier alpha value is -1.86. The van der Waals surface area contributed by atoms with Gasteiger partial charge >= 0.3 is 0 Å². The smallest absolute Gasteiger partial charge is 0.243 e. The number of piperidine rings is 1. The third kappa shape index (κ3) is 3.11. The van der Waals surface area contributed by atoms with Gasteiger partial charge in [0.2, 0.25) is 10.0 Å². The Morgan fingerprint density at radius 1 is 1.30 bits per heavy atom. The molecule has 3 rings (SSSR count). The van der Waals surface area contributed by atoms with Crippen molar-refractivity contribution in [2.75, 3.05) is 20.2 Å². The summed E-state index contributed by atoms with van der Waals surface area (Å²) >= 11 is 0. The molecule has 1 aromatic heterocycles. The topological polar surface area (TPSA) is 75.3 Å². The summed E-state index contributed by atoms with van der Waals surface area (Å²) in [4.78, 5) is 7.72. The van der Waals surface area contributed by atoms with Gasteiger partial charge in [0.1, 0.15) is 11.6 Å². The highest BCUT2D eigenvalue weighted by atomic mass is 32.2. The SMILES string of the molecule is COc1ccc(S(=O)(=O)N2CCC(c3ncc[nH]3)CC2)cc1C. The molecule has 1 aliphatic heterocycles. The molecule has 2 aromatic rings. The molecule has 23 heavy (non-hydrogen) atoms. The van der Waals surface area contributed by atoms with E-state index in [2.05, 4.69) is 9.97 Å². The fourth-order valence-corrected chi connectivity index (χ4v) is 4.59. The standard InChI is InChI=1S/C16H21N3O3S/c1-12-11-14(3-4-15(12)22-2)23(20,21)19-9-5-13(6-10-19)16-17-7-8-18-16/h3-4,7-8,11,13H,5-6,9-10H2,1-2H3,(H,17,18). The number of methoxy groups -OCH3 is 1. The van der Waals surface area contributed by atoms with Gasteiger partial charge in [-0.1, -0.05) is 0 Å². The summed E-state index contributed by atoms with van der Waals surface area (Å²) in [6.07, 6.45) is 5.10. The lowest BCUT2D eigenvalue weighted by Gasteiger charge is -2.30. The summed E-state index contributed by atoms with van der Waals surface area (Å²) in [6, 6.07) is 4.99. The lowest BCUT2D eigenvalue weighted by Crippen LogP contribution is -2.38. The second-order valence-electron chi connectivity index (χ2n) is 5.78. The second-order valence-corrected chi connectivity index (χ2v) is 7.72. The van der Waals surface area contributed by atoms with Gasteiger partial charge in [-0.05, 0) is 43.5 Å². The number of H-pyrrole nitrogens is 1. The average Bonchev–Trinajstić information content (AvgIpc) is 3.09. The molecule has 6 nitrogen and oxygen atoms in total. The minimum absolute atomic E-state index is 0.300. The number of imidazole rings is 1. The van der Waals surface area contributed by atoms with Crippen molar-refractivity contribution in [3.63, 3.8) is 0 Å². The van der Waals surface area contributed by atoms with E-state index >= 15 is 0 Å².